The molecule has 2 saturated heterocycles. The highest BCUT2D eigenvalue weighted by molar-refractivity contribution is 8.00. The zero-order valence-corrected chi connectivity index (χ0v) is 36.4. The van der Waals surface area contributed by atoms with Gasteiger partial charge in [-0.25, -0.2) is 0 Å². The average molecular weight is 772 g/mol. The van der Waals surface area contributed by atoms with Crippen molar-refractivity contribution in [3.63, 3.8) is 0 Å². The summed E-state index contributed by atoms with van der Waals surface area (Å²) in [6.07, 6.45) is 52.0. The fraction of sp³-hybridized carbons (Fsp3) is 1.00. The van der Waals surface area contributed by atoms with Crippen LogP contribution in [0, 0.1) is 71.0 Å². The van der Waals surface area contributed by atoms with Gasteiger partial charge in [-0.05, 0) is 187 Å². The summed E-state index contributed by atoms with van der Waals surface area (Å²) < 4.78 is 7.68. The lowest BCUT2D eigenvalue weighted by Crippen LogP contribution is -2.54. The van der Waals surface area contributed by atoms with Crippen molar-refractivity contribution in [1.29, 1.82) is 0 Å². The molecule has 55 heavy (non-hydrogen) atoms. The molecule has 9 saturated carbocycles. The Hall–Kier alpha value is 0.270. The third-order valence-electron chi connectivity index (χ3n) is 21.0. The van der Waals surface area contributed by atoms with Crippen molar-refractivity contribution >= 4 is 11.8 Å². The van der Waals surface area contributed by atoms with E-state index in [1.807, 2.05) is 0 Å². The molecule has 0 aromatic rings. The SMILES string of the molecule is C1CCC(C2CCC(N(C3CCC(C4CCCC5CCCCC54)CC3)C3CCCC(C4CCCC5C6CCC7SC8CCCCC8C7C6OC45)C3)CC2)CC1. The molecule has 14 atom stereocenters. The summed E-state index contributed by atoms with van der Waals surface area (Å²) in [6.45, 7) is 0. The van der Waals surface area contributed by atoms with Gasteiger partial charge in [0.1, 0.15) is 0 Å². The van der Waals surface area contributed by atoms with Gasteiger partial charge in [0.05, 0.1) is 12.2 Å². The van der Waals surface area contributed by atoms with Gasteiger partial charge in [-0.3, -0.25) is 4.90 Å². The second kappa shape index (κ2) is 17.0. The van der Waals surface area contributed by atoms with Gasteiger partial charge in [-0.1, -0.05) is 89.9 Å². The molecule has 11 rings (SSSR count). The van der Waals surface area contributed by atoms with Gasteiger partial charge < -0.3 is 4.74 Å². The van der Waals surface area contributed by atoms with E-state index in [1.165, 1.54) is 122 Å². The predicted molar refractivity (Wildman–Crippen MR) is 231 cm³/mol. The number of rotatable bonds is 6. The van der Waals surface area contributed by atoms with Crippen LogP contribution in [0.4, 0.5) is 0 Å². The summed E-state index contributed by atoms with van der Waals surface area (Å²) in [5.74, 6) is 12.0. The van der Waals surface area contributed by atoms with E-state index in [9.17, 15) is 0 Å². The van der Waals surface area contributed by atoms with Gasteiger partial charge in [0.2, 0.25) is 0 Å². The summed E-state index contributed by atoms with van der Waals surface area (Å²) in [7, 11) is 0. The average Bonchev–Trinajstić information content (AvgIpc) is 3.83. The van der Waals surface area contributed by atoms with Crippen LogP contribution < -0.4 is 0 Å². The Bertz CT molecular complexity index is 1250. The molecule has 0 amide bonds. The second-order valence-electron chi connectivity index (χ2n) is 23.2. The van der Waals surface area contributed by atoms with Crippen molar-refractivity contribution in [2.75, 3.05) is 0 Å². The molecule has 14 unspecified atom stereocenters. The van der Waals surface area contributed by atoms with E-state index >= 15 is 0 Å². The molecule has 11 fully saturated rings. The van der Waals surface area contributed by atoms with Crippen LogP contribution in [-0.4, -0.2) is 45.7 Å². The van der Waals surface area contributed by atoms with Crippen molar-refractivity contribution < 1.29 is 4.74 Å². The van der Waals surface area contributed by atoms with Crippen LogP contribution in [0.25, 0.3) is 0 Å². The van der Waals surface area contributed by atoms with Gasteiger partial charge in [-0.15, -0.1) is 0 Å². The first kappa shape index (κ1) is 38.2. The second-order valence-corrected chi connectivity index (χ2v) is 24.7. The molecule has 0 aromatic heterocycles. The summed E-state index contributed by atoms with van der Waals surface area (Å²) in [5.41, 5.74) is 0. The molecule has 11 aliphatic rings. The minimum absolute atomic E-state index is 0.618. The van der Waals surface area contributed by atoms with Crippen LogP contribution in [0.15, 0.2) is 0 Å². The van der Waals surface area contributed by atoms with E-state index in [-0.39, 0.29) is 0 Å². The fourth-order valence-electron chi connectivity index (χ4n) is 18.7. The standard InChI is InChI=1S/C52H85NOS/c1-2-11-34(12-3-1)35-23-27-39(28-24-35)53(40-29-25-37(26-30-40)43-19-9-14-36-13-4-5-17-42(36)43)41-16-8-15-38(33-41)44-20-10-21-45-46-31-32-49-50(52(46)54-51(44)45)47-18-6-7-22-48(47)55-49/h34-52H,1-33H2. The molecular formula is C52H85NOS. The van der Waals surface area contributed by atoms with E-state index in [0.717, 1.165) is 99.6 Å². The molecule has 0 bridgehead atoms. The van der Waals surface area contributed by atoms with Crippen molar-refractivity contribution in [2.24, 2.45) is 71.0 Å². The maximum absolute atomic E-state index is 7.68. The summed E-state index contributed by atoms with van der Waals surface area (Å²) in [5, 5.41) is 1.92. The highest BCUT2D eigenvalue weighted by atomic mass is 32.2. The van der Waals surface area contributed by atoms with Crippen molar-refractivity contribution in [3.05, 3.63) is 0 Å². The predicted octanol–water partition coefficient (Wildman–Crippen LogP) is 14.0. The Morgan fingerprint density at radius 3 is 1.65 bits per heavy atom. The maximum atomic E-state index is 7.68. The normalized spacial score (nSPS) is 52.1. The highest BCUT2D eigenvalue weighted by Gasteiger charge is 2.60. The Balaban J connectivity index is 0.794. The summed E-state index contributed by atoms with van der Waals surface area (Å²) >= 11 is 2.46. The van der Waals surface area contributed by atoms with Crippen LogP contribution in [0.1, 0.15) is 212 Å². The van der Waals surface area contributed by atoms with Gasteiger partial charge in [0.25, 0.3) is 0 Å². The zero-order valence-electron chi connectivity index (χ0n) is 35.6. The third kappa shape index (κ3) is 7.43. The Kier molecular flexibility index (Phi) is 11.8. The number of nitrogens with zero attached hydrogens (tertiary/aromatic N) is 1. The van der Waals surface area contributed by atoms with Gasteiger partial charge in [0.15, 0.2) is 0 Å². The topological polar surface area (TPSA) is 12.5 Å². The number of fused-ring (bicyclic) bond motifs is 8. The largest absolute Gasteiger partial charge is 0.374 e. The first-order chi connectivity index (χ1) is 27.3. The molecule has 0 aromatic carbocycles. The number of thioether (sulfide) groups is 1. The van der Waals surface area contributed by atoms with E-state index in [4.69, 9.17) is 4.74 Å². The maximum Gasteiger partial charge on any atom is 0.0652 e. The first-order valence-corrected chi connectivity index (χ1v) is 27.3. The monoisotopic (exact) mass is 772 g/mol. The lowest BCUT2D eigenvalue weighted by molar-refractivity contribution is -0.0809. The highest BCUT2D eigenvalue weighted by Crippen LogP contribution is 2.62. The number of hydrogen-bond acceptors (Lipinski definition) is 3. The molecule has 9 aliphatic carbocycles. The molecule has 2 nitrogen and oxygen atoms in total. The van der Waals surface area contributed by atoms with Crippen molar-refractivity contribution in [1.82, 2.24) is 4.90 Å². The van der Waals surface area contributed by atoms with Crippen LogP contribution >= 0.6 is 11.8 Å². The molecule has 3 heteroatoms. The van der Waals surface area contributed by atoms with Crippen LogP contribution in [0.2, 0.25) is 0 Å². The first-order valence-electron chi connectivity index (χ1n) is 26.3. The minimum atomic E-state index is 0.618. The molecule has 2 aliphatic heterocycles. The summed E-state index contributed by atoms with van der Waals surface area (Å²) in [6, 6.07) is 2.66. The number of hydrogen-bond donors (Lipinski definition) is 0. The van der Waals surface area contributed by atoms with Gasteiger partial charge >= 0.3 is 0 Å². The fourth-order valence-corrected chi connectivity index (χ4v) is 20.8. The van der Waals surface area contributed by atoms with Crippen LogP contribution in [0.3, 0.4) is 0 Å². The Labute approximate surface area is 343 Å². The molecule has 2 heterocycles. The van der Waals surface area contributed by atoms with Gasteiger partial charge in [0, 0.05) is 34.5 Å². The lowest BCUT2D eigenvalue weighted by atomic mass is 9.59. The minimum Gasteiger partial charge on any atom is -0.374 e. The van der Waals surface area contributed by atoms with E-state index in [0.29, 0.717) is 12.2 Å². The molecule has 310 valence electrons. The number of ether oxygens (including phenoxy) is 1. The van der Waals surface area contributed by atoms with E-state index < -0.39 is 0 Å². The molecule has 0 spiro atoms. The summed E-state index contributed by atoms with van der Waals surface area (Å²) in [4.78, 5) is 3.39. The van der Waals surface area contributed by atoms with Crippen LogP contribution in [0.5, 0.6) is 0 Å². The smallest absolute Gasteiger partial charge is 0.0652 e. The quantitative estimate of drug-likeness (QED) is 0.267. The van der Waals surface area contributed by atoms with Crippen LogP contribution in [-0.2, 0) is 4.74 Å². The molecule has 0 N–H and O–H groups in total. The molecular weight excluding hydrogens is 687 g/mol. The Morgan fingerprint density at radius 1 is 0.309 bits per heavy atom. The third-order valence-corrected chi connectivity index (χ3v) is 22.8. The van der Waals surface area contributed by atoms with Gasteiger partial charge in [-0.2, -0.15) is 11.8 Å². The van der Waals surface area contributed by atoms with Crippen molar-refractivity contribution in [2.45, 2.75) is 253 Å². The lowest BCUT2D eigenvalue weighted by Gasteiger charge is -2.53. The zero-order chi connectivity index (χ0) is 36.3. The van der Waals surface area contributed by atoms with E-state index in [2.05, 4.69) is 16.7 Å². The van der Waals surface area contributed by atoms with Crippen molar-refractivity contribution in [3.8, 4) is 0 Å². The molecule has 0 radical (unpaired) electrons. The van der Waals surface area contributed by atoms with E-state index in [1.54, 1.807) is 89.9 Å². The Morgan fingerprint density at radius 2 is 0.836 bits per heavy atom.